The van der Waals surface area contributed by atoms with Crippen molar-refractivity contribution in [1.29, 1.82) is 0 Å². The van der Waals surface area contributed by atoms with E-state index >= 15 is 0 Å². The molecule has 0 amide bonds. The fourth-order valence-corrected chi connectivity index (χ4v) is 3.50. The molecule has 3 heteroatoms. The highest BCUT2D eigenvalue weighted by atomic mass is 19.1. The molecule has 2 aliphatic rings. The molecule has 0 aromatic heterocycles. The molecule has 0 spiro atoms. The van der Waals surface area contributed by atoms with Crippen LogP contribution in [0.25, 0.3) is 0 Å². The molecule has 104 valence electrons. The topological polar surface area (TPSA) is 15.3 Å². The number of nitrogens with zero attached hydrogens (tertiary/aromatic N) is 1. The quantitative estimate of drug-likeness (QED) is 0.881. The van der Waals surface area contributed by atoms with Crippen molar-refractivity contribution in [2.75, 3.05) is 26.2 Å². The maximum atomic E-state index is 12.9. The lowest BCUT2D eigenvalue weighted by Gasteiger charge is -2.39. The summed E-state index contributed by atoms with van der Waals surface area (Å²) in [6, 6.07) is 7.89. The molecule has 0 atom stereocenters. The summed E-state index contributed by atoms with van der Waals surface area (Å²) in [7, 11) is 0. The zero-order chi connectivity index (χ0) is 13.1. The fraction of sp³-hybridized carbons (Fsp3) is 0.625. The molecule has 0 saturated carbocycles. The summed E-state index contributed by atoms with van der Waals surface area (Å²) in [5.41, 5.74) is 1.31. The van der Waals surface area contributed by atoms with E-state index in [2.05, 4.69) is 10.2 Å². The number of benzene rings is 1. The van der Waals surface area contributed by atoms with Crippen LogP contribution >= 0.6 is 0 Å². The summed E-state index contributed by atoms with van der Waals surface area (Å²) in [6.07, 6.45) is 5.02. The minimum atomic E-state index is -0.129. The molecule has 1 N–H and O–H groups in total. The number of likely N-dealkylation sites (tertiary alicyclic amines) is 1. The zero-order valence-electron chi connectivity index (χ0n) is 11.4. The van der Waals surface area contributed by atoms with Gasteiger partial charge in [-0.1, -0.05) is 12.1 Å². The summed E-state index contributed by atoms with van der Waals surface area (Å²) in [6.45, 7) is 4.74. The Hall–Kier alpha value is -0.930. The number of piperidine rings is 2. The third-order valence-corrected chi connectivity index (χ3v) is 4.70. The second kappa shape index (κ2) is 6.02. The van der Waals surface area contributed by atoms with Crippen LogP contribution in [-0.4, -0.2) is 37.1 Å². The summed E-state index contributed by atoms with van der Waals surface area (Å²) in [4.78, 5) is 2.67. The van der Waals surface area contributed by atoms with Gasteiger partial charge in [0, 0.05) is 6.04 Å². The second-order valence-corrected chi connectivity index (χ2v) is 5.84. The molecule has 2 saturated heterocycles. The SMILES string of the molecule is Fc1ccc(C2CCN(C3CCNCC3)CC2)cc1. The summed E-state index contributed by atoms with van der Waals surface area (Å²) in [5.74, 6) is 0.495. The number of hydrogen-bond donors (Lipinski definition) is 1. The number of halogens is 1. The van der Waals surface area contributed by atoms with Crippen LogP contribution in [0.15, 0.2) is 24.3 Å². The minimum Gasteiger partial charge on any atom is -0.317 e. The van der Waals surface area contributed by atoms with Gasteiger partial charge in [-0.2, -0.15) is 0 Å². The van der Waals surface area contributed by atoms with Gasteiger partial charge in [0.2, 0.25) is 0 Å². The van der Waals surface area contributed by atoms with E-state index in [9.17, 15) is 4.39 Å². The molecule has 2 fully saturated rings. The predicted molar refractivity (Wildman–Crippen MR) is 75.8 cm³/mol. The summed E-state index contributed by atoms with van der Waals surface area (Å²) < 4.78 is 12.9. The molecular formula is C16H23FN2. The van der Waals surface area contributed by atoms with Crippen molar-refractivity contribution >= 4 is 0 Å². The third kappa shape index (κ3) is 3.15. The average molecular weight is 262 g/mol. The number of hydrogen-bond acceptors (Lipinski definition) is 2. The molecule has 2 nitrogen and oxygen atoms in total. The Balaban J connectivity index is 1.55. The van der Waals surface area contributed by atoms with Gasteiger partial charge in [-0.05, 0) is 75.5 Å². The maximum Gasteiger partial charge on any atom is 0.123 e. The largest absolute Gasteiger partial charge is 0.317 e. The molecule has 2 heterocycles. The smallest absolute Gasteiger partial charge is 0.123 e. The van der Waals surface area contributed by atoms with Crippen LogP contribution in [0, 0.1) is 5.82 Å². The van der Waals surface area contributed by atoms with Crippen molar-refractivity contribution in [1.82, 2.24) is 10.2 Å². The molecule has 19 heavy (non-hydrogen) atoms. The first-order chi connectivity index (χ1) is 9.33. The predicted octanol–water partition coefficient (Wildman–Crippen LogP) is 2.76. The van der Waals surface area contributed by atoms with Crippen molar-refractivity contribution in [3.63, 3.8) is 0 Å². The molecule has 1 aromatic carbocycles. The average Bonchev–Trinajstić information content (AvgIpc) is 2.49. The third-order valence-electron chi connectivity index (χ3n) is 4.70. The number of rotatable bonds is 2. The second-order valence-electron chi connectivity index (χ2n) is 5.84. The normalized spacial score (nSPS) is 23.6. The van der Waals surface area contributed by atoms with Gasteiger partial charge in [-0.25, -0.2) is 4.39 Å². The molecule has 0 bridgehead atoms. The van der Waals surface area contributed by atoms with Crippen molar-refractivity contribution in [3.05, 3.63) is 35.6 Å². The van der Waals surface area contributed by atoms with Gasteiger partial charge in [-0.15, -0.1) is 0 Å². The first-order valence-electron chi connectivity index (χ1n) is 7.53. The van der Waals surface area contributed by atoms with Gasteiger partial charge in [0.05, 0.1) is 0 Å². The Labute approximate surface area is 115 Å². The summed E-state index contributed by atoms with van der Waals surface area (Å²) in [5, 5.41) is 3.43. The van der Waals surface area contributed by atoms with Crippen LogP contribution in [0.1, 0.15) is 37.2 Å². The van der Waals surface area contributed by atoms with E-state index in [1.807, 2.05) is 12.1 Å². The first kappa shape index (κ1) is 13.1. The lowest BCUT2D eigenvalue weighted by molar-refractivity contribution is 0.127. The van der Waals surface area contributed by atoms with Crippen LogP contribution in [0.2, 0.25) is 0 Å². The van der Waals surface area contributed by atoms with Crippen molar-refractivity contribution in [3.8, 4) is 0 Å². The monoisotopic (exact) mass is 262 g/mol. The van der Waals surface area contributed by atoms with Crippen LogP contribution in [0.5, 0.6) is 0 Å². The van der Waals surface area contributed by atoms with Crippen molar-refractivity contribution < 1.29 is 4.39 Å². The Morgan fingerprint density at radius 1 is 0.947 bits per heavy atom. The molecule has 0 radical (unpaired) electrons. The Bertz CT molecular complexity index is 390. The number of nitrogens with one attached hydrogen (secondary N) is 1. The standard InChI is InChI=1S/C16H23FN2/c17-15-3-1-13(2-4-15)14-7-11-19(12-8-14)16-5-9-18-10-6-16/h1-4,14,16,18H,5-12H2. The van der Waals surface area contributed by atoms with Gasteiger partial charge in [0.25, 0.3) is 0 Å². The lowest BCUT2D eigenvalue weighted by atomic mass is 9.88. The van der Waals surface area contributed by atoms with Gasteiger partial charge >= 0.3 is 0 Å². The van der Waals surface area contributed by atoms with E-state index < -0.39 is 0 Å². The van der Waals surface area contributed by atoms with Gasteiger partial charge in [0.1, 0.15) is 5.82 Å². The molecule has 3 rings (SSSR count). The van der Waals surface area contributed by atoms with E-state index in [4.69, 9.17) is 0 Å². The Kier molecular flexibility index (Phi) is 4.14. The highest BCUT2D eigenvalue weighted by molar-refractivity contribution is 5.21. The van der Waals surface area contributed by atoms with Crippen molar-refractivity contribution in [2.45, 2.75) is 37.6 Å². The molecule has 0 aliphatic carbocycles. The molecule has 2 aliphatic heterocycles. The minimum absolute atomic E-state index is 0.129. The van der Waals surface area contributed by atoms with E-state index in [1.165, 1.54) is 57.4 Å². The molecular weight excluding hydrogens is 239 g/mol. The van der Waals surface area contributed by atoms with E-state index in [-0.39, 0.29) is 5.82 Å². The van der Waals surface area contributed by atoms with Crippen LogP contribution in [0.3, 0.4) is 0 Å². The lowest BCUT2D eigenvalue weighted by Crippen LogP contribution is -2.46. The highest BCUT2D eigenvalue weighted by Crippen LogP contribution is 2.30. The van der Waals surface area contributed by atoms with Crippen LogP contribution in [0.4, 0.5) is 4.39 Å². The van der Waals surface area contributed by atoms with Gasteiger partial charge < -0.3 is 10.2 Å². The van der Waals surface area contributed by atoms with Gasteiger partial charge in [0.15, 0.2) is 0 Å². The Morgan fingerprint density at radius 3 is 2.21 bits per heavy atom. The van der Waals surface area contributed by atoms with Crippen LogP contribution < -0.4 is 5.32 Å². The molecule has 0 unspecified atom stereocenters. The fourth-order valence-electron chi connectivity index (χ4n) is 3.50. The zero-order valence-corrected chi connectivity index (χ0v) is 11.4. The Morgan fingerprint density at radius 2 is 1.58 bits per heavy atom. The molecule has 1 aromatic rings. The highest BCUT2D eigenvalue weighted by Gasteiger charge is 2.26. The van der Waals surface area contributed by atoms with E-state index in [0.29, 0.717) is 5.92 Å². The van der Waals surface area contributed by atoms with E-state index in [1.54, 1.807) is 12.1 Å². The van der Waals surface area contributed by atoms with Crippen molar-refractivity contribution in [2.24, 2.45) is 0 Å². The first-order valence-corrected chi connectivity index (χ1v) is 7.53. The van der Waals surface area contributed by atoms with Crippen LogP contribution in [-0.2, 0) is 0 Å². The summed E-state index contributed by atoms with van der Waals surface area (Å²) >= 11 is 0. The maximum absolute atomic E-state index is 12.9. The van der Waals surface area contributed by atoms with Gasteiger partial charge in [-0.3, -0.25) is 0 Å². The van der Waals surface area contributed by atoms with E-state index in [0.717, 1.165) is 6.04 Å².